The van der Waals surface area contributed by atoms with Crippen molar-refractivity contribution in [2.45, 2.75) is 11.7 Å². The highest BCUT2D eigenvalue weighted by Gasteiger charge is 2.67. The Hall–Kier alpha value is -2.25. The van der Waals surface area contributed by atoms with Crippen LogP contribution in [-0.4, -0.2) is 40.2 Å². The van der Waals surface area contributed by atoms with Gasteiger partial charge in [-0.3, -0.25) is 14.5 Å². The monoisotopic (exact) mass is 328 g/mol. The van der Waals surface area contributed by atoms with Crippen molar-refractivity contribution in [3.8, 4) is 0 Å². The van der Waals surface area contributed by atoms with Gasteiger partial charge in [0.2, 0.25) is 5.91 Å². The van der Waals surface area contributed by atoms with Gasteiger partial charge in [-0.25, -0.2) is 4.98 Å². The van der Waals surface area contributed by atoms with Crippen LogP contribution in [0.1, 0.15) is 0 Å². The number of para-hydroxylation sites is 1. The summed E-state index contributed by atoms with van der Waals surface area (Å²) in [5, 5.41) is 10.1. The number of rotatable bonds is 2. The third-order valence-electron chi connectivity index (χ3n) is 4.90. The predicted molar refractivity (Wildman–Crippen MR) is 83.3 cm³/mol. The number of aromatic nitrogens is 1. The van der Waals surface area contributed by atoms with Gasteiger partial charge >= 0.3 is 5.97 Å². The minimum atomic E-state index is -0.981. The van der Waals surface area contributed by atoms with Crippen LogP contribution in [0.25, 0.3) is 10.2 Å². The van der Waals surface area contributed by atoms with Gasteiger partial charge in [0.1, 0.15) is 11.5 Å². The number of hydrogen-bond donors (Lipinski definition) is 1. The van der Waals surface area contributed by atoms with Gasteiger partial charge in [-0.05, 0) is 12.1 Å². The summed E-state index contributed by atoms with van der Waals surface area (Å²) < 4.78 is 6.88. The Kier molecular flexibility index (Phi) is 2.40. The number of ether oxygens (including phenoxy) is 1. The maximum atomic E-state index is 12.9. The van der Waals surface area contributed by atoms with Crippen molar-refractivity contribution in [3.63, 3.8) is 0 Å². The first-order chi connectivity index (χ1) is 11.1. The van der Waals surface area contributed by atoms with Crippen LogP contribution in [0, 0.1) is 11.8 Å². The van der Waals surface area contributed by atoms with Crippen molar-refractivity contribution < 1.29 is 19.4 Å². The molecule has 1 aromatic carbocycles. The second-order valence-electron chi connectivity index (χ2n) is 6.13. The lowest BCUT2D eigenvalue weighted by Gasteiger charge is -2.21. The maximum Gasteiger partial charge on any atom is 0.310 e. The molecule has 116 valence electrons. The molecule has 2 bridgehead atoms. The molecule has 1 aromatic heterocycles. The molecule has 7 heteroatoms. The van der Waals surface area contributed by atoms with Crippen molar-refractivity contribution in [3.05, 3.63) is 36.4 Å². The van der Waals surface area contributed by atoms with Crippen molar-refractivity contribution in [2.24, 2.45) is 11.8 Å². The van der Waals surface area contributed by atoms with E-state index in [1.807, 2.05) is 30.3 Å². The van der Waals surface area contributed by atoms with Gasteiger partial charge in [0.05, 0.1) is 28.8 Å². The fourth-order valence-corrected chi connectivity index (χ4v) is 4.89. The summed E-state index contributed by atoms with van der Waals surface area (Å²) in [6.45, 7) is 0.326. The average molecular weight is 328 g/mol. The Morgan fingerprint density at radius 1 is 1.43 bits per heavy atom. The van der Waals surface area contributed by atoms with Crippen LogP contribution in [0.4, 0.5) is 5.13 Å². The standard InChI is InChI=1S/C16H12N2O4S/c19-13-12-11(14(20)21)9-5-6-16(12,22-9)7-18(13)15-17-8-3-1-2-4-10(8)23-15/h1-6,9,11-12H,7H2,(H,20,21). The summed E-state index contributed by atoms with van der Waals surface area (Å²) in [5.41, 5.74) is 0.0215. The van der Waals surface area contributed by atoms with Crippen LogP contribution >= 0.6 is 11.3 Å². The molecule has 2 aromatic rings. The molecule has 3 aliphatic heterocycles. The molecule has 4 heterocycles. The fraction of sp³-hybridized carbons (Fsp3) is 0.312. The van der Waals surface area contributed by atoms with E-state index in [1.165, 1.54) is 11.3 Å². The lowest BCUT2D eigenvalue weighted by Crippen LogP contribution is -2.39. The van der Waals surface area contributed by atoms with E-state index in [-0.39, 0.29) is 5.91 Å². The van der Waals surface area contributed by atoms with Crippen molar-refractivity contribution in [1.29, 1.82) is 0 Å². The van der Waals surface area contributed by atoms with Crippen LogP contribution in [0.15, 0.2) is 36.4 Å². The number of carboxylic acid groups (broad SMARTS) is 1. The van der Waals surface area contributed by atoms with Gasteiger partial charge in [0.25, 0.3) is 0 Å². The van der Waals surface area contributed by atoms with Crippen molar-refractivity contribution in [1.82, 2.24) is 4.98 Å². The normalized spacial score (nSPS) is 34.5. The van der Waals surface area contributed by atoms with Gasteiger partial charge in [-0.1, -0.05) is 35.6 Å². The molecule has 1 spiro atoms. The fourth-order valence-electron chi connectivity index (χ4n) is 3.92. The molecular formula is C16H12N2O4S. The van der Waals surface area contributed by atoms with Crippen LogP contribution < -0.4 is 4.90 Å². The first kappa shape index (κ1) is 13.2. The van der Waals surface area contributed by atoms with E-state index >= 15 is 0 Å². The van der Waals surface area contributed by atoms with Crippen LogP contribution in [0.3, 0.4) is 0 Å². The topological polar surface area (TPSA) is 79.7 Å². The average Bonchev–Trinajstić information content (AvgIpc) is 3.25. The molecule has 4 atom stereocenters. The van der Waals surface area contributed by atoms with Crippen molar-refractivity contribution >= 4 is 38.6 Å². The second kappa shape index (κ2) is 4.18. The maximum absolute atomic E-state index is 12.9. The zero-order valence-corrected chi connectivity index (χ0v) is 12.7. The number of carbonyl (C=O) groups is 2. The molecule has 1 N–H and O–H groups in total. The number of hydrogen-bond acceptors (Lipinski definition) is 5. The number of nitrogens with zero attached hydrogens (tertiary/aromatic N) is 2. The Balaban J connectivity index is 1.58. The summed E-state index contributed by atoms with van der Waals surface area (Å²) in [4.78, 5) is 30.5. The lowest BCUT2D eigenvalue weighted by molar-refractivity contribution is -0.146. The predicted octanol–water partition coefficient (Wildman–Crippen LogP) is 1.67. The van der Waals surface area contributed by atoms with E-state index in [0.717, 1.165) is 10.2 Å². The SMILES string of the molecule is O=C(O)C1C2C=CC3(CN(c4nc5ccccc5s4)C(=O)C13)O2. The number of thiazole rings is 1. The molecule has 0 aliphatic carbocycles. The third-order valence-corrected chi connectivity index (χ3v) is 5.96. The summed E-state index contributed by atoms with van der Waals surface area (Å²) in [5.74, 6) is -2.66. The number of aliphatic carboxylic acids is 1. The molecule has 5 rings (SSSR count). The van der Waals surface area contributed by atoms with Crippen LogP contribution in [0.5, 0.6) is 0 Å². The zero-order chi connectivity index (χ0) is 15.8. The van der Waals surface area contributed by atoms with Gasteiger partial charge < -0.3 is 9.84 Å². The largest absolute Gasteiger partial charge is 0.481 e. The Labute approximate surface area is 135 Å². The van der Waals surface area contributed by atoms with Gasteiger partial charge in [-0.15, -0.1) is 0 Å². The summed E-state index contributed by atoms with van der Waals surface area (Å²) in [6.07, 6.45) is 3.12. The number of anilines is 1. The van der Waals surface area contributed by atoms with Crippen molar-refractivity contribution in [2.75, 3.05) is 11.4 Å². The highest BCUT2D eigenvalue weighted by atomic mass is 32.1. The summed E-state index contributed by atoms with van der Waals surface area (Å²) >= 11 is 1.44. The van der Waals surface area contributed by atoms with Crippen LogP contribution in [-0.2, 0) is 14.3 Å². The molecule has 23 heavy (non-hydrogen) atoms. The smallest absolute Gasteiger partial charge is 0.310 e. The summed E-state index contributed by atoms with van der Waals surface area (Å²) in [7, 11) is 0. The van der Waals surface area contributed by atoms with Crippen LogP contribution in [0.2, 0.25) is 0 Å². The highest BCUT2D eigenvalue weighted by Crippen LogP contribution is 2.53. The molecule has 1 amide bonds. The number of carbonyl (C=O) groups excluding carboxylic acids is 1. The highest BCUT2D eigenvalue weighted by molar-refractivity contribution is 7.22. The quantitative estimate of drug-likeness (QED) is 0.848. The molecule has 2 fully saturated rings. The van der Waals surface area contributed by atoms with Gasteiger partial charge in [-0.2, -0.15) is 0 Å². The molecule has 4 unspecified atom stereocenters. The first-order valence-corrected chi connectivity index (χ1v) is 8.18. The molecule has 6 nitrogen and oxygen atoms in total. The van der Waals surface area contributed by atoms with E-state index in [2.05, 4.69) is 4.98 Å². The molecule has 0 radical (unpaired) electrons. The third kappa shape index (κ3) is 1.58. The Morgan fingerprint density at radius 2 is 2.26 bits per heavy atom. The number of amides is 1. The van der Waals surface area contributed by atoms with Gasteiger partial charge in [0.15, 0.2) is 5.13 Å². The minimum absolute atomic E-state index is 0.205. The van der Waals surface area contributed by atoms with E-state index < -0.39 is 29.5 Å². The minimum Gasteiger partial charge on any atom is -0.481 e. The lowest BCUT2D eigenvalue weighted by atomic mass is 9.77. The number of benzene rings is 1. The van der Waals surface area contributed by atoms with E-state index in [4.69, 9.17) is 4.74 Å². The molecular weight excluding hydrogens is 316 g/mol. The van der Waals surface area contributed by atoms with E-state index in [0.29, 0.717) is 11.7 Å². The Morgan fingerprint density at radius 3 is 3.04 bits per heavy atom. The molecule has 3 aliphatic rings. The zero-order valence-electron chi connectivity index (χ0n) is 11.9. The number of fused-ring (bicyclic) bond motifs is 2. The molecule has 2 saturated heterocycles. The first-order valence-electron chi connectivity index (χ1n) is 7.36. The second-order valence-corrected chi connectivity index (χ2v) is 7.14. The van der Waals surface area contributed by atoms with Gasteiger partial charge in [0, 0.05) is 0 Å². The Bertz CT molecular complexity index is 858. The van der Waals surface area contributed by atoms with E-state index in [1.54, 1.807) is 11.0 Å². The summed E-state index contributed by atoms with van der Waals surface area (Å²) in [6, 6.07) is 7.69. The number of carboxylic acids is 1. The molecule has 0 saturated carbocycles. The van der Waals surface area contributed by atoms with E-state index in [9.17, 15) is 14.7 Å².